The predicted molar refractivity (Wildman–Crippen MR) is 128 cm³/mol. The fourth-order valence-electron chi connectivity index (χ4n) is 5.65. The summed E-state index contributed by atoms with van der Waals surface area (Å²) in [5, 5.41) is 8.94. The summed E-state index contributed by atoms with van der Waals surface area (Å²) >= 11 is 0. The Morgan fingerprint density at radius 3 is 2.18 bits per heavy atom. The van der Waals surface area contributed by atoms with Crippen LogP contribution in [0, 0.1) is 23.2 Å². The van der Waals surface area contributed by atoms with Gasteiger partial charge in [0.05, 0.1) is 18.2 Å². The number of nitrogens with two attached hydrogens (primary N) is 1. The van der Waals surface area contributed by atoms with Crippen molar-refractivity contribution in [3.8, 4) is 11.8 Å². The van der Waals surface area contributed by atoms with Crippen LogP contribution in [0.4, 0.5) is 0 Å². The summed E-state index contributed by atoms with van der Waals surface area (Å²) in [5.41, 5.74) is 6.33. The molecular formula is C25H38N6O2. The van der Waals surface area contributed by atoms with Gasteiger partial charge in [-0.25, -0.2) is 0 Å². The molecule has 180 valence electrons. The van der Waals surface area contributed by atoms with Crippen molar-refractivity contribution in [1.82, 2.24) is 19.6 Å². The molecule has 0 bridgehead atoms. The molecule has 3 heterocycles. The lowest BCUT2D eigenvalue weighted by atomic mass is 10.0. The quantitative estimate of drug-likeness (QED) is 0.587. The summed E-state index contributed by atoms with van der Waals surface area (Å²) in [5.74, 6) is 2.33. The van der Waals surface area contributed by atoms with E-state index in [1.54, 1.807) is 19.1 Å². The van der Waals surface area contributed by atoms with Crippen molar-refractivity contribution < 1.29 is 9.53 Å². The zero-order valence-electron chi connectivity index (χ0n) is 20.1. The molecule has 3 unspecified atom stereocenters. The molecule has 0 aromatic heterocycles. The lowest BCUT2D eigenvalue weighted by molar-refractivity contribution is -0.130. The third kappa shape index (κ3) is 6.45. The van der Waals surface area contributed by atoms with Crippen molar-refractivity contribution in [1.29, 1.82) is 5.26 Å². The molecule has 3 saturated heterocycles. The van der Waals surface area contributed by atoms with E-state index in [1.807, 2.05) is 24.0 Å². The third-order valence-corrected chi connectivity index (χ3v) is 7.28. The molecule has 1 amide bonds. The average Bonchev–Trinajstić information content (AvgIpc) is 3.31. The van der Waals surface area contributed by atoms with Crippen LogP contribution in [-0.2, 0) is 4.79 Å². The summed E-state index contributed by atoms with van der Waals surface area (Å²) in [7, 11) is 0. The first-order valence-electron chi connectivity index (χ1n) is 12.2. The minimum atomic E-state index is -0.765. The van der Waals surface area contributed by atoms with Crippen LogP contribution in [0.15, 0.2) is 24.3 Å². The van der Waals surface area contributed by atoms with E-state index in [9.17, 15) is 4.79 Å². The third-order valence-electron chi connectivity index (χ3n) is 7.28. The Labute approximate surface area is 197 Å². The first-order chi connectivity index (χ1) is 15.8. The Morgan fingerprint density at radius 1 is 1.03 bits per heavy atom. The number of benzene rings is 1. The minimum absolute atomic E-state index is 0.197. The molecule has 8 heteroatoms. The van der Waals surface area contributed by atoms with Crippen LogP contribution in [0.1, 0.15) is 25.8 Å². The van der Waals surface area contributed by atoms with Gasteiger partial charge in [0.25, 0.3) is 0 Å². The molecular weight excluding hydrogens is 416 g/mol. The van der Waals surface area contributed by atoms with Gasteiger partial charge < -0.3 is 14.5 Å². The number of ether oxygens (including phenoxy) is 1. The van der Waals surface area contributed by atoms with Crippen LogP contribution in [0.5, 0.6) is 5.75 Å². The molecule has 1 aromatic carbocycles. The number of piperazine rings is 1. The number of carbonyl (C=O) groups excluding carboxylic acids is 1. The van der Waals surface area contributed by atoms with Crippen molar-refractivity contribution in [2.75, 3.05) is 72.0 Å². The molecule has 0 aliphatic carbocycles. The molecule has 3 atom stereocenters. The van der Waals surface area contributed by atoms with Gasteiger partial charge in [-0.2, -0.15) is 5.26 Å². The number of nitriles is 1. The molecule has 3 fully saturated rings. The van der Waals surface area contributed by atoms with Gasteiger partial charge in [0.15, 0.2) is 5.72 Å². The Kier molecular flexibility index (Phi) is 7.55. The van der Waals surface area contributed by atoms with E-state index in [0.29, 0.717) is 17.9 Å². The number of nitrogens with zero attached hydrogens (tertiary/aromatic N) is 5. The summed E-state index contributed by atoms with van der Waals surface area (Å²) in [6.07, 6.45) is 1.20. The maximum Gasteiger partial charge on any atom is 0.219 e. The number of fused-ring (bicyclic) bond motifs is 1. The van der Waals surface area contributed by atoms with E-state index in [1.165, 1.54) is 19.5 Å². The lowest BCUT2D eigenvalue weighted by Crippen LogP contribution is -2.52. The summed E-state index contributed by atoms with van der Waals surface area (Å²) in [6, 6.07) is 9.25. The van der Waals surface area contributed by atoms with Gasteiger partial charge in [-0.1, -0.05) is 0 Å². The molecule has 4 rings (SSSR count). The number of hydrogen-bond acceptors (Lipinski definition) is 7. The van der Waals surface area contributed by atoms with Crippen LogP contribution in [0.2, 0.25) is 0 Å². The van der Waals surface area contributed by atoms with Crippen molar-refractivity contribution in [3.63, 3.8) is 0 Å². The van der Waals surface area contributed by atoms with Crippen molar-refractivity contribution in [2.24, 2.45) is 17.6 Å². The second kappa shape index (κ2) is 10.4. The fourth-order valence-corrected chi connectivity index (χ4v) is 5.65. The number of likely N-dealkylation sites (tertiary alicyclic amines) is 2. The normalized spacial score (nSPS) is 26.1. The smallest absolute Gasteiger partial charge is 0.219 e. The summed E-state index contributed by atoms with van der Waals surface area (Å²) in [4.78, 5) is 21.0. The van der Waals surface area contributed by atoms with Crippen molar-refractivity contribution in [3.05, 3.63) is 29.8 Å². The highest BCUT2D eigenvalue weighted by molar-refractivity contribution is 5.73. The zero-order valence-corrected chi connectivity index (χ0v) is 20.1. The monoisotopic (exact) mass is 454 g/mol. The molecule has 3 aliphatic heterocycles. The largest absolute Gasteiger partial charge is 0.472 e. The van der Waals surface area contributed by atoms with Crippen LogP contribution in [0.25, 0.3) is 0 Å². The summed E-state index contributed by atoms with van der Waals surface area (Å²) in [6.45, 7) is 14.8. The molecule has 0 saturated carbocycles. The van der Waals surface area contributed by atoms with Gasteiger partial charge in [0, 0.05) is 59.3 Å². The van der Waals surface area contributed by atoms with Gasteiger partial charge in [0.2, 0.25) is 5.91 Å². The van der Waals surface area contributed by atoms with E-state index < -0.39 is 5.72 Å². The maximum absolute atomic E-state index is 11.5. The number of carbonyl (C=O) groups is 1. The number of hydrogen-bond donors (Lipinski definition) is 1. The SMILES string of the molecule is CC(=O)N1CCN(CCCN2CC3CN(CC(C)(N)Oc4ccc(C#N)cc4)CC3C2)CC1. The highest BCUT2D eigenvalue weighted by Gasteiger charge is 2.41. The molecule has 3 aliphatic rings. The summed E-state index contributed by atoms with van der Waals surface area (Å²) < 4.78 is 6.03. The Hall–Kier alpha value is -2.18. The van der Waals surface area contributed by atoms with E-state index in [4.69, 9.17) is 15.7 Å². The van der Waals surface area contributed by atoms with E-state index >= 15 is 0 Å². The standard InChI is InChI=1S/C25H38N6O2/c1-20(32)31-12-10-28(11-13-31)8-3-9-29-15-22-17-30(18-23(22)16-29)19-25(2,27)33-24-6-4-21(14-26)5-7-24/h4-7,22-23H,3,8-13,15-19,27H2,1-2H3. The van der Waals surface area contributed by atoms with Gasteiger partial charge in [-0.15, -0.1) is 0 Å². The second-order valence-corrected chi connectivity index (χ2v) is 10.2. The molecule has 0 radical (unpaired) electrons. The van der Waals surface area contributed by atoms with Gasteiger partial charge in [0.1, 0.15) is 5.75 Å². The maximum atomic E-state index is 11.5. The molecule has 33 heavy (non-hydrogen) atoms. The topological polar surface area (TPSA) is 89.1 Å². The Morgan fingerprint density at radius 2 is 1.61 bits per heavy atom. The van der Waals surface area contributed by atoms with Crippen LogP contribution in [0.3, 0.4) is 0 Å². The van der Waals surface area contributed by atoms with Crippen molar-refractivity contribution >= 4 is 5.91 Å². The highest BCUT2D eigenvalue weighted by Crippen LogP contribution is 2.32. The van der Waals surface area contributed by atoms with Crippen LogP contribution >= 0.6 is 0 Å². The average molecular weight is 455 g/mol. The predicted octanol–water partition coefficient (Wildman–Crippen LogP) is 1.03. The second-order valence-electron chi connectivity index (χ2n) is 10.2. The fraction of sp³-hybridized carbons (Fsp3) is 0.680. The van der Waals surface area contributed by atoms with E-state index in [2.05, 4.69) is 20.8 Å². The van der Waals surface area contributed by atoms with Crippen LogP contribution in [-0.4, -0.2) is 103 Å². The minimum Gasteiger partial charge on any atom is -0.472 e. The number of amides is 1. The Balaban J connectivity index is 1.14. The molecule has 0 spiro atoms. The lowest BCUT2D eigenvalue weighted by Gasteiger charge is -2.34. The zero-order chi connectivity index (χ0) is 23.4. The Bertz CT molecular complexity index is 829. The van der Waals surface area contributed by atoms with Crippen molar-refractivity contribution in [2.45, 2.75) is 26.0 Å². The van der Waals surface area contributed by atoms with Gasteiger partial charge >= 0.3 is 0 Å². The molecule has 2 N–H and O–H groups in total. The highest BCUT2D eigenvalue weighted by atomic mass is 16.5. The van der Waals surface area contributed by atoms with E-state index in [-0.39, 0.29) is 5.91 Å². The van der Waals surface area contributed by atoms with Crippen LogP contribution < -0.4 is 10.5 Å². The number of rotatable bonds is 8. The first-order valence-corrected chi connectivity index (χ1v) is 12.2. The molecule has 1 aromatic rings. The van der Waals surface area contributed by atoms with Gasteiger partial charge in [-0.3, -0.25) is 20.3 Å². The molecule has 8 nitrogen and oxygen atoms in total. The van der Waals surface area contributed by atoms with E-state index in [0.717, 1.165) is 64.2 Å². The first kappa shape index (κ1) is 24.0. The van der Waals surface area contributed by atoms with Gasteiger partial charge in [-0.05, 0) is 62.5 Å².